The van der Waals surface area contributed by atoms with Crippen LogP contribution in [0.3, 0.4) is 0 Å². The highest BCUT2D eigenvalue weighted by molar-refractivity contribution is 4.92. The van der Waals surface area contributed by atoms with Crippen LogP contribution in [-0.2, 0) is 4.74 Å². The molecule has 1 saturated heterocycles. The van der Waals surface area contributed by atoms with Crippen molar-refractivity contribution in [1.29, 1.82) is 0 Å². The molecule has 0 radical (unpaired) electrons. The van der Waals surface area contributed by atoms with Crippen molar-refractivity contribution in [1.82, 2.24) is 4.90 Å². The summed E-state index contributed by atoms with van der Waals surface area (Å²) in [6.07, 6.45) is 5.94. The fourth-order valence-electron chi connectivity index (χ4n) is 1.26. The molecule has 1 fully saturated rings. The number of hydrogen-bond acceptors (Lipinski definition) is 2. The van der Waals surface area contributed by atoms with Crippen LogP contribution in [0.15, 0.2) is 12.2 Å². The fourth-order valence-corrected chi connectivity index (χ4v) is 1.26. The van der Waals surface area contributed by atoms with Gasteiger partial charge in [0, 0.05) is 13.1 Å². The van der Waals surface area contributed by atoms with Crippen LogP contribution in [0.4, 0.5) is 0 Å². The summed E-state index contributed by atoms with van der Waals surface area (Å²) < 4.78 is 5.44. The molecule has 0 aromatic rings. The summed E-state index contributed by atoms with van der Waals surface area (Å²) in [7, 11) is 0. The van der Waals surface area contributed by atoms with Crippen molar-refractivity contribution in [2.75, 3.05) is 19.7 Å². The first-order chi connectivity index (χ1) is 4.47. The maximum atomic E-state index is 5.44. The van der Waals surface area contributed by atoms with Crippen LogP contribution < -0.4 is 0 Å². The van der Waals surface area contributed by atoms with Gasteiger partial charge in [-0.25, -0.2) is 0 Å². The van der Waals surface area contributed by atoms with Crippen LogP contribution in [-0.4, -0.2) is 30.8 Å². The quantitative estimate of drug-likeness (QED) is 0.440. The maximum Gasteiger partial charge on any atom is 0.112 e. The van der Waals surface area contributed by atoms with E-state index in [1.54, 1.807) is 0 Å². The Morgan fingerprint density at radius 3 is 3.22 bits per heavy atom. The summed E-state index contributed by atoms with van der Waals surface area (Å²) in [6, 6.07) is 0. The molecule has 0 aliphatic carbocycles. The SMILES string of the molecule is C1=CCN2CCC2OC1. The van der Waals surface area contributed by atoms with Crippen LogP contribution in [0.5, 0.6) is 0 Å². The summed E-state index contributed by atoms with van der Waals surface area (Å²) >= 11 is 0. The second-order valence-electron chi connectivity index (χ2n) is 2.54. The number of nitrogens with zero attached hydrogens (tertiary/aromatic N) is 1. The van der Waals surface area contributed by atoms with E-state index >= 15 is 0 Å². The van der Waals surface area contributed by atoms with Crippen molar-refractivity contribution in [3.63, 3.8) is 0 Å². The molecule has 0 bridgehead atoms. The average molecular weight is 125 g/mol. The Balaban J connectivity index is 1.98. The fraction of sp³-hybridized carbons (Fsp3) is 0.714. The van der Waals surface area contributed by atoms with Gasteiger partial charge in [-0.2, -0.15) is 0 Å². The first-order valence-corrected chi connectivity index (χ1v) is 3.47. The van der Waals surface area contributed by atoms with Gasteiger partial charge in [0.15, 0.2) is 0 Å². The minimum atomic E-state index is 0.444. The monoisotopic (exact) mass is 125 g/mol. The second-order valence-corrected chi connectivity index (χ2v) is 2.54. The number of hydrogen-bond donors (Lipinski definition) is 0. The smallest absolute Gasteiger partial charge is 0.112 e. The summed E-state index contributed by atoms with van der Waals surface area (Å²) in [5, 5.41) is 0. The van der Waals surface area contributed by atoms with E-state index in [9.17, 15) is 0 Å². The second kappa shape index (κ2) is 2.12. The third-order valence-electron chi connectivity index (χ3n) is 1.96. The molecule has 2 nitrogen and oxygen atoms in total. The zero-order valence-electron chi connectivity index (χ0n) is 5.42. The van der Waals surface area contributed by atoms with Crippen LogP contribution in [0.2, 0.25) is 0 Å². The standard InChI is InChI=1S/C7H11NO/c1-2-6-9-7-3-5-8(7)4-1/h1-2,7H,3-6H2. The lowest BCUT2D eigenvalue weighted by molar-refractivity contribution is -0.102. The largest absolute Gasteiger partial charge is 0.359 e. The molecule has 0 spiro atoms. The van der Waals surface area contributed by atoms with Gasteiger partial charge in [-0.15, -0.1) is 0 Å². The highest BCUT2D eigenvalue weighted by atomic mass is 16.5. The summed E-state index contributed by atoms with van der Waals surface area (Å²) in [4.78, 5) is 2.34. The molecule has 0 aromatic carbocycles. The highest BCUT2D eigenvalue weighted by Crippen LogP contribution is 2.19. The van der Waals surface area contributed by atoms with Crippen molar-refractivity contribution < 1.29 is 4.74 Å². The Morgan fingerprint density at radius 2 is 2.44 bits per heavy atom. The van der Waals surface area contributed by atoms with E-state index in [4.69, 9.17) is 4.74 Å². The molecule has 2 rings (SSSR count). The van der Waals surface area contributed by atoms with Crippen LogP contribution in [0.1, 0.15) is 6.42 Å². The van der Waals surface area contributed by atoms with Crippen molar-refractivity contribution in [3.8, 4) is 0 Å². The third-order valence-corrected chi connectivity index (χ3v) is 1.96. The lowest BCUT2D eigenvalue weighted by atomic mass is 10.2. The van der Waals surface area contributed by atoms with Crippen molar-refractivity contribution in [3.05, 3.63) is 12.2 Å². The first-order valence-electron chi connectivity index (χ1n) is 3.47. The molecule has 1 unspecified atom stereocenters. The zero-order valence-corrected chi connectivity index (χ0v) is 5.42. The minimum absolute atomic E-state index is 0.444. The molecule has 1 atom stereocenters. The summed E-state index contributed by atoms with van der Waals surface area (Å²) in [5.41, 5.74) is 0. The van der Waals surface area contributed by atoms with Gasteiger partial charge < -0.3 is 4.74 Å². The van der Waals surface area contributed by atoms with Gasteiger partial charge in [-0.1, -0.05) is 12.2 Å². The molecule has 0 saturated carbocycles. The lowest BCUT2D eigenvalue weighted by Crippen LogP contribution is -2.48. The van der Waals surface area contributed by atoms with Gasteiger partial charge >= 0.3 is 0 Å². The van der Waals surface area contributed by atoms with Gasteiger partial charge in [-0.05, 0) is 6.42 Å². The molecule has 0 aromatic heterocycles. The molecule has 2 aliphatic rings. The van der Waals surface area contributed by atoms with E-state index in [-0.39, 0.29) is 0 Å². The average Bonchev–Trinajstić information content (AvgIpc) is 1.94. The van der Waals surface area contributed by atoms with E-state index < -0.39 is 0 Å². The van der Waals surface area contributed by atoms with E-state index in [1.165, 1.54) is 13.0 Å². The molecule has 2 heteroatoms. The molecule has 0 N–H and O–H groups in total. The van der Waals surface area contributed by atoms with Gasteiger partial charge in [0.2, 0.25) is 0 Å². The molecular weight excluding hydrogens is 114 g/mol. The van der Waals surface area contributed by atoms with Gasteiger partial charge in [0.05, 0.1) is 6.61 Å². The lowest BCUT2D eigenvalue weighted by Gasteiger charge is -2.38. The van der Waals surface area contributed by atoms with Crippen molar-refractivity contribution in [2.24, 2.45) is 0 Å². The number of rotatable bonds is 0. The topological polar surface area (TPSA) is 12.5 Å². The highest BCUT2D eigenvalue weighted by Gasteiger charge is 2.27. The molecular formula is C7H11NO. The Bertz CT molecular complexity index is 133. The molecule has 2 heterocycles. The molecule has 50 valence electrons. The number of ether oxygens (including phenoxy) is 1. The maximum absolute atomic E-state index is 5.44. The van der Waals surface area contributed by atoms with Crippen LogP contribution >= 0.6 is 0 Å². The minimum Gasteiger partial charge on any atom is -0.359 e. The predicted molar refractivity (Wildman–Crippen MR) is 35.1 cm³/mol. The van der Waals surface area contributed by atoms with Gasteiger partial charge in [0.25, 0.3) is 0 Å². The zero-order chi connectivity index (χ0) is 6.10. The Morgan fingerprint density at radius 1 is 1.44 bits per heavy atom. The summed E-state index contributed by atoms with van der Waals surface area (Å²) in [5.74, 6) is 0. The predicted octanol–water partition coefficient (Wildman–Crippen LogP) is 0.605. The van der Waals surface area contributed by atoms with E-state index in [0.29, 0.717) is 6.23 Å². The third kappa shape index (κ3) is 0.884. The Hall–Kier alpha value is -0.340. The van der Waals surface area contributed by atoms with E-state index in [0.717, 1.165) is 13.2 Å². The molecule has 2 aliphatic heterocycles. The number of fused-ring (bicyclic) bond motifs is 1. The van der Waals surface area contributed by atoms with Gasteiger partial charge in [0.1, 0.15) is 6.23 Å². The van der Waals surface area contributed by atoms with Crippen LogP contribution in [0.25, 0.3) is 0 Å². The van der Waals surface area contributed by atoms with Crippen molar-refractivity contribution in [2.45, 2.75) is 12.6 Å². The van der Waals surface area contributed by atoms with E-state index in [1.807, 2.05) is 0 Å². The molecule has 9 heavy (non-hydrogen) atoms. The Kier molecular flexibility index (Phi) is 1.28. The Labute approximate surface area is 55.1 Å². The van der Waals surface area contributed by atoms with Crippen LogP contribution in [0, 0.1) is 0 Å². The molecule has 0 amide bonds. The normalized spacial score (nSPS) is 34.9. The first kappa shape index (κ1) is 5.45. The van der Waals surface area contributed by atoms with Gasteiger partial charge in [-0.3, -0.25) is 4.90 Å². The van der Waals surface area contributed by atoms with Crippen molar-refractivity contribution >= 4 is 0 Å². The summed E-state index contributed by atoms with van der Waals surface area (Å²) in [6.45, 7) is 3.11. The van der Waals surface area contributed by atoms with E-state index in [2.05, 4.69) is 17.1 Å².